The predicted molar refractivity (Wildman–Crippen MR) is 44.9 cm³/mol. The van der Waals surface area contributed by atoms with Gasteiger partial charge in [0.05, 0.1) is 7.11 Å². The Hall–Kier alpha value is -0.280. The highest BCUT2D eigenvalue weighted by molar-refractivity contribution is 5.85. The molecule has 0 spiro atoms. The van der Waals surface area contributed by atoms with Crippen LogP contribution in [-0.2, 0) is 9.53 Å². The molecule has 0 radical (unpaired) electrons. The lowest BCUT2D eigenvalue weighted by Crippen LogP contribution is -2.34. The maximum Gasteiger partial charge on any atom is 0.322 e. The first-order chi connectivity index (χ1) is 4.74. The van der Waals surface area contributed by atoms with Gasteiger partial charge in [-0.2, -0.15) is 0 Å². The molecule has 1 heterocycles. The van der Waals surface area contributed by atoms with Crippen LogP contribution in [0.2, 0.25) is 0 Å². The van der Waals surface area contributed by atoms with Crippen LogP contribution in [0, 0.1) is 0 Å². The Labute approximate surface area is 72.9 Å². The molecule has 0 aromatic carbocycles. The van der Waals surface area contributed by atoms with Crippen LogP contribution in [0.25, 0.3) is 0 Å². The third-order valence-corrected chi connectivity index (χ3v) is 1.86. The molecule has 1 N–H and O–H groups in total. The number of ether oxygens (including phenoxy) is 1. The molecule has 1 fully saturated rings. The topological polar surface area (TPSA) is 38.3 Å². The van der Waals surface area contributed by atoms with Gasteiger partial charge in [-0.15, -0.1) is 12.4 Å². The van der Waals surface area contributed by atoms with Crippen molar-refractivity contribution in [3.8, 4) is 0 Å². The van der Waals surface area contributed by atoms with E-state index in [-0.39, 0.29) is 24.4 Å². The van der Waals surface area contributed by atoms with Crippen LogP contribution in [0.3, 0.4) is 0 Å². The third kappa shape index (κ3) is 2.67. The highest BCUT2D eigenvalue weighted by Crippen LogP contribution is 2.11. The number of hydrogen-bond donors (Lipinski definition) is 1. The molecule has 1 saturated heterocycles. The molecule has 0 unspecified atom stereocenters. The molecule has 0 aliphatic carbocycles. The van der Waals surface area contributed by atoms with Crippen molar-refractivity contribution >= 4 is 18.4 Å². The SMILES string of the molecule is COC(=O)[C@H]1CC[C@@H](C)N1.Cl. The van der Waals surface area contributed by atoms with Crippen molar-refractivity contribution in [1.29, 1.82) is 0 Å². The highest BCUT2D eigenvalue weighted by atomic mass is 35.5. The molecule has 0 amide bonds. The number of nitrogens with one attached hydrogen (secondary N) is 1. The molecule has 1 aliphatic rings. The minimum atomic E-state index is -0.135. The fourth-order valence-electron chi connectivity index (χ4n) is 1.25. The van der Waals surface area contributed by atoms with E-state index in [0.717, 1.165) is 12.8 Å². The van der Waals surface area contributed by atoms with Gasteiger partial charge in [-0.05, 0) is 19.8 Å². The Bertz CT molecular complexity index is 140. The zero-order valence-corrected chi connectivity index (χ0v) is 7.61. The van der Waals surface area contributed by atoms with Crippen LogP contribution in [0.5, 0.6) is 0 Å². The maximum atomic E-state index is 10.9. The van der Waals surface area contributed by atoms with Crippen molar-refractivity contribution in [3.05, 3.63) is 0 Å². The molecule has 0 bridgehead atoms. The predicted octanol–water partition coefficient (Wildman–Crippen LogP) is 0.722. The quantitative estimate of drug-likeness (QED) is 0.603. The molecule has 1 aliphatic heterocycles. The molecule has 11 heavy (non-hydrogen) atoms. The van der Waals surface area contributed by atoms with E-state index in [1.165, 1.54) is 7.11 Å². The molecule has 2 atom stereocenters. The van der Waals surface area contributed by atoms with Crippen LogP contribution in [0.4, 0.5) is 0 Å². The minimum Gasteiger partial charge on any atom is -0.468 e. The number of carbonyl (C=O) groups excluding carboxylic acids is 1. The van der Waals surface area contributed by atoms with Crippen LogP contribution >= 0.6 is 12.4 Å². The number of rotatable bonds is 1. The van der Waals surface area contributed by atoms with Gasteiger partial charge in [0.25, 0.3) is 0 Å². The second-order valence-corrected chi connectivity index (χ2v) is 2.72. The van der Waals surface area contributed by atoms with E-state index in [1.807, 2.05) is 0 Å². The van der Waals surface area contributed by atoms with Gasteiger partial charge in [0.1, 0.15) is 6.04 Å². The van der Waals surface area contributed by atoms with Crippen molar-refractivity contribution in [2.45, 2.75) is 31.8 Å². The van der Waals surface area contributed by atoms with Gasteiger partial charge in [-0.3, -0.25) is 4.79 Å². The number of methoxy groups -OCH3 is 1. The van der Waals surface area contributed by atoms with Gasteiger partial charge in [0.2, 0.25) is 0 Å². The van der Waals surface area contributed by atoms with Crippen molar-refractivity contribution in [2.24, 2.45) is 0 Å². The second-order valence-electron chi connectivity index (χ2n) is 2.72. The van der Waals surface area contributed by atoms with Crippen molar-refractivity contribution in [2.75, 3.05) is 7.11 Å². The molecule has 0 aromatic heterocycles. The van der Waals surface area contributed by atoms with Gasteiger partial charge in [-0.1, -0.05) is 0 Å². The molecule has 4 heteroatoms. The van der Waals surface area contributed by atoms with E-state index in [1.54, 1.807) is 0 Å². The van der Waals surface area contributed by atoms with Gasteiger partial charge in [0.15, 0.2) is 0 Å². The zero-order chi connectivity index (χ0) is 7.56. The van der Waals surface area contributed by atoms with Gasteiger partial charge in [-0.25, -0.2) is 0 Å². The summed E-state index contributed by atoms with van der Waals surface area (Å²) in [5.74, 6) is -0.135. The molecule has 66 valence electrons. The van der Waals surface area contributed by atoms with Crippen molar-refractivity contribution in [3.63, 3.8) is 0 Å². The standard InChI is InChI=1S/C7H13NO2.ClH/c1-5-3-4-6(8-5)7(9)10-2;/h5-6,8H,3-4H2,1-2H3;1H/t5-,6-;/m1./s1. The maximum absolute atomic E-state index is 10.9. The van der Waals surface area contributed by atoms with Crippen LogP contribution in [-0.4, -0.2) is 25.2 Å². The number of hydrogen-bond acceptors (Lipinski definition) is 3. The second kappa shape index (κ2) is 4.57. The molecular weight excluding hydrogens is 166 g/mol. The van der Waals surface area contributed by atoms with Crippen LogP contribution in [0.1, 0.15) is 19.8 Å². The van der Waals surface area contributed by atoms with E-state index >= 15 is 0 Å². The smallest absolute Gasteiger partial charge is 0.322 e. The summed E-state index contributed by atoms with van der Waals surface area (Å²) in [6, 6.07) is 0.407. The third-order valence-electron chi connectivity index (χ3n) is 1.86. The summed E-state index contributed by atoms with van der Waals surface area (Å²) >= 11 is 0. The minimum absolute atomic E-state index is 0. The lowest BCUT2D eigenvalue weighted by molar-refractivity contribution is -0.142. The summed E-state index contributed by atoms with van der Waals surface area (Å²) in [5.41, 5.74) is 0. The lowest BCUT2D eigenvalue weighted by Gasteiger charge is -2.07. The van der Waals surface area contributed by atoms with E-state index < -0.39 is 0 Å². The summed E-state index contributed by atoms with van der Waals surface area (Å²) in [5, 5.41) is 3.13. The Morgan fingerprint density at radius 2 is 2.18 bits per heavy atom. The van der Waals surface area contributed by atoms with E-state index in [4.69, 9.17) is 0 Å². The Balaban J connectivity index is 0.000001000. The van der Waals surface area contributed by atoms with E-state index in [0.29, 0.717) is 6.04 Å². The summed E-state index contributed by atoms with van der Waals surface area (Å²) in [7, 11) is 1.42. The zero-order valence-electron chi connectivity index (χ0n) is 6.79. The van der Waals surface area contributed by atoms with Crippen LogP contribution in [0.15, 0.2) is 0 Å². The molecule has 0 saturated carbocycles. The monoisotopic (exact) mass is 179 g/mol. The normalized spacial score (nSPS) is 29.3. The Kier molecular flexibility index (Phi) is 4.45. The van der Waals surface area contributed by atoms with Crippen molar-refractivity contribution < 1.29 is 9.53 Å². The van der Waals surface area contributed by atoms with Gasteiger partial charge in [0, 0.05) is 6.04 Å². The molecule has 0 aromatic rings. The number of esters is 1. The fourth-order valence-corrected chi connectivity index (χ4v) is 1.25. The van der Waals surface area contributed by atoms with Gasteiger partial charge >= 0.3 is 5.97 Å². The lowest BCUT2D eigenvalue weighted by atomic mass is 10.2. The number of carbonyl (C=O) groups is 1. The van der Waals surface area contributed by atoms with E-state index in [9.17, 15) is 4.79 Å². The van der Waals surface area contributed by atoms with Crippen LogP contribution < -0.4 is 5.32 Å². The Morgan fingerprint density at radius 3 is 2.55 bits per heavy atom. The summed E-state index contributed by atoms with van der Waals surface area (Å²) < 4.78 is 4.58. The average molecular weight is 180 g/mol. The van der Waals surface area contributed by atoms with E-state index in [2.05, 4.69) is 17.0 Å². The molecular formula is C7H14ClNO2. The van der Waals surface area contributed by atoms with Gasteiger partial charge < -0.3 is 10.1 Å². The number of halogens is 1. The first-order valence-corrected chi connectivity index (χ1v) is 3.58. The first-order valence-electron chi connectivity index (χ1n) is 3.58. The molecule has 1 rings (SSSR count). The fraction of sp³-hybridized carbons (Fsp3) is 0.857. The first kappa shape index (κ1) is 10.7. The van der Waals surface area contributed by atoms with Crippen molar-refractivity contribution in [1.82, 2.24) is 5.32 Å². The average Bonchev–Trinajstić information content (AvgIpc) is 2.34. The Morgan fingerprint density at radius 1 is 1.55 bits per heavy atom. The molecule has 3 nitrogen and oxygen atoms in total. The summed E-state index contributed by atoms with van der Waals surface area (Å²) in [4.78, 5) is 10.9. The highest BCUT2D eigenvalue weighted by Gasteiger charge is 2.26. The largest absolute Gasteiger partial charge is 0.468 e. The summed E-state index contributed by atoms with van der Waals surface area (Å²) in [6.07, 6.45) is 1.98. The summed E-state index contributed by atoms with van der Waals surface area (Å²) in [6.45, 7) is 2.07.